The van der Waals surface area contributed by atoms with Crippen LogP contribution in [0.15, 0.2) is 28.7 Å². The summed E-state index contributed by atoms with van der Waals surface area (Å²) in [6.07, 6.45) is 1.74. The fourth-order valence-corrected chi connectivity index (χ4v) is 4.44. The molecule has 0 aliphatic carbocycles. The molecule has 1 saturated heterocycles. The zero-order valence-electron chi connectivity index (χ0n) is 13.0. The zero-order valence-corrected chi connectivity index (χ0v) is 16.2. The number of halogens is 2. The highest BCUT2D eigenvalue weighted by atomic mass is 79.9. The van der Waals surface area contributed by atoms with Gasteiger partial charge in [0.2, 0.25) is 5.91 Å². The fraction of sp³-hybridized carbons (Fsp3) is 0.533. The number of sulfone groups is 1. The average Bonchev–Trinajstić information content (AvgIpc) is 2.46. The Morgan fingerprint density at radius 2 is 2.00 bits per heavy atom. The van der Waals surface area contributed by atoms with Crippen LogP contribution >= 0.6 is 28.3 Å². The van der Waals surface area contributed by atoms with E-state index in [4.69, 9.17) is 0 Å². The largest absolute Gasteiger partial charge is 0.342 e. The summed E-state index contributed by atoms with van der Waals surface area (Å²) in [6.45, 7) is 1.74. The molecule has 0 unspecified atom stereocenters. The summed E-state index contributed by atoms with van der Waals surface area (Å²) in [5.74, 6) is -0.861. The number of benzene rings is 1. The van der Waals surface area contributed by atoms with Crippen molar-refractivity contribution in [2.45, 2.75) is 24.6 Å². The Morgan fingerprint density at radius 3 is 2.61 bits per heavy atom. The number of nitrogens with zero attached hydrogens (tertiary/aromatic N) is 1. The van der Waals surface area contributed by atoms with E-state index in [-0.39, 0.29) is 30.1 Å². The number of carbonyl (C=O) groups excluding carboxylic acids is 1. The summed E-state index contributed by atoms with van der Waals surface area (Å²) < 4.78 is 25.3. The maximum absolute atomic E-state index is 12.2. The summed E-state index contributed by atoms with van der Waals surface area (Å²) in [6, 6.07) is 7.28. The number of carbonyl (C=O) groups is 1. The quantitative estimate of drug-likeness (QED) is 0.783. The van der Waals surface area contributed by atoms with E-state index in [0.29, 0.717) is 5.56 Å². The third-order valence-electron chi connectivity index (χ3n) is 3.87. The molecule has 0 bridgehead atoms. The maximum atomic E-state index is 12.2. The van der Waals surface area contributed by atoms with Gasteiger partial charge in [-0.1, -0.05) is 28.1 Å². The lowest BCUT2D eigenvalue weighted by atomic mass is 10.1. The highest BCUT2D eigenvalue weighted by Crippen LogP contribution is 2.15. The normalized spacial score (nSPS) is 15.7. The lowest BCUT2D eigenvalue weighted by Gasteiger charge is -2.31. The first-order chi connectivity index (χ1) is 10.4. The van der Waals surface area contributed by atoms with E-state index in [2.05, 4.69) is 21.2 Å². The van der Waals surface area contributed by atoms with E-state index in [1.165, 1.54) is 0 Å². The Labute approximate surface area is 152 Å². The monoisotopic (exact) mass is 424 g/mol. The smallest absolute Gasteiger partial charge is 0.237 e. The highest BCUT2D eigenvalue weighted by Gasteiger charge is 2.26. The first kappa shape index (κ1) is 20.4. The molecule has 1 N–H and O–H groups in total. The molecule has 0 spiro atoms. The molecule has 1 aliphatic rings. The van der Waals surface area contributed by atoms with Crippen LogP contribution in [0, 0.1) is 0 Å². The second-order valence-corrected chi connectivity index (χ2v) is 8.63. The van der Waals surface area contributed by atoms with Crippen molar-refractivity contribution in [2.24, 2.45) is 0 Å². The van der Waals surface area contributed by atoms with Crippen LogP contribution in [0.4, 0.5) is 0 Å². The SMILES string of the molecule is CN(C(=O)CS(=O)(=O)Cc1cccc(Br)c1)C1CCNCC1.Cl. The number of nitrogens with one attached hydrogen (secondary N) is 1. The predicted molar refractivity (Wildman–Crippen MR) is 97.5 cm³/mol. The molecule has 23 heavy (non-hydrogen) atoms. The van der Waals surface area contributed by atoms with Crippen LogP contribution in [0.2, 0.25) is 0 Å². The summed E-state index contributed by atoms with van der Waals surface area (Å²) in [7, 11) is -1.76. The molecular formula is C15H22BrClN2O3S. The number of hydrogen-bond acceptors (Lipinski definition) is 4. The number of amides is 1. The Kier molecular flexibility index (Phi) is 8.00. The molecule has 1 heterocycles. The zero-order chi connectivity index (χ0) is 16.2. The van der Waals surface area contributed by atoms with Crippen LogP contribution in [-0.4, -0.2) is 51.2 Å². The van der Waals surface area contributed by atoms with E-state index in [9.17, 15) is 13.2 Å². The third kappa shape index (κ3) is 6.41. The van der Waals surface area contributed by atoms with Crippen molar-refractivity contribution in [3.8, 4) is 0 Å². The molecule has 0 saturated carbocycles. The average molecular weight is 426 g/mol. The molecule has 8 heteroatoms. The minimum absolute atomic E-state index is 0. The van der Waals surface area contributed by atoms with Crippen molar-refractivity contribution in [1.82, 2.24) is 10.2 Å². The van der Waals surface area contributed by atoms with Gasteiger partial charge in [0.1, 0.15) is 5.75 Å². The minimum atomic E-state index is -3.46. The second-order valence-electron chi connectivity index (χ2n) is 5.65. The summed E-state index contributed by atoms with van der Waals surface area (Å²) in [4.78, 5) is 13.8. The van der Waals surface area contributed by atoms with Gasteiger partial charge in [-0.15, -0.1) is 12.4 Å². The lowest BCUT2D eigenvalue weighted by molar-refractivity contribution is -0.129. The molecule has 5 nitrogen and oxygen atoms in total. The van der Waals surface area contributed by atoms with Gasteiger partial charge in [-0.25, -0.2) is 8.42 Å². The van der Waals surface area contributed by atoms with E-state index in [1.807, 2.05) is 6.07 Å². The van der Waals surface area contributed by atoms with E-state index < -0.39 is 15.6 Å². The van der Waals surface area contributed by atoms with Crippen LogP contribution in [0.25, 0.3) is 0 Å². The summed E-state index contributed by atoms with van der Waals surface area (Å²) in [5, 5.41) is 3.23. The molecule has 1 aromatic carbocycles. The lowest BCUT2D eigenvalue weighted by Crippen LogP contribution is -2.45. The first-order valence-electron chi connectivity index (χ1n) is 7.28. The van der Waals surface area contributed by atoms with E-state index in [0.717, 1.165) is 30.4 Å². The van der Waals surface area contributed by atoms with Gasteiger partial charge in [0.25, 0.3) is 0 Å². The number of rotatable bonds is 5. The Morgan fingerprint density at radius 1 is 1.35 bits per heavy atom. The Hall–Kier alpha value is -0.630. The van der Waals surface area contributed by atoms with E-state index >= 15 is 0 Å². The topological polar surface area (TPSA) is 66.5 Å². The third-order valence-corrected chi connectivity index (χ3v) is 5.82. The van der Waals surface area contributed by atoms with Gasteiger partial charge in [-0.3, -0.25) is 4.79 Å². The molecule has 2 rings (SSSR count). The summed E-state index contributed by atoms with van der Waals surface area (Å²) >= 11 is 3.32. The molecule has 0 aromatic heterocycles. The predicted octanol–water partition coefficient (Wildman–Crippen LogP) is 2.00. The van der Waals surface area contributed by atoms with Crippen molar-refractivity contribution < 1.29 is 13.2 Å². The molecular weight excluding hydrogens is 404 g/mol. The van der Waals surface area contributed by atoms with E-state index in [1.54, 1.807) is 30.1 Å². The number of piperidine rings is 1. The van der Waals surface area contributed by atoms with Crippen LogP contribution in [0.5, 0.6) is 0 Å². The molecule has 1 fully saturated rings. The van der Waals surface area contributed by atoms with Crippen molar-refractivity contribution in [3.63, 3.8) is 0 Å². The molecule has 0 radical (unpaired) electrons. The van der Waals surface area contributed by atoms with Gasteiger partial charge in [0.15, 0.2) is 9.84 Å². The van der Waals surface area contributed by atoms with Gasteiger partial charge in [-0.05, 0) is 43.6 Å². The minimum Gasteiger partial charge on any atom is -0.342 e. The van der Waals surface area contributed by atoms with Crippen molar-refractivity contribution in [2.75, 3.05) is 25.9 Å². The van der Waals surface area contributed by atoms with Gasteiger partial charge in [-0.2, -0.15) is 0 Å². The molecule has 1 amide bonds. The van der Waals surface area contributed by atoms with Gasteiger partial charge in [0, 0.05) is 17.6 Å². The molecule has 130 valence electrons. The first-order valence-corrected chi connectivity index (χ1v) is 9.90. The van der Waals surface area contributed by atoms with Gasteiger partial charge < -0.3 is 10.2 Å². The van der Waals surface area contributed by atoms with Crippen LogP contribution in [0.3, 0.4) is 0 Å². The van der Waals surface area contributed by atoms with Gasteiger partial charge >= 0.3 is 0 Å². The Balaban J connectivity index is 0.00000264. The summed E-state index contributed by atoms with van der Waals surface area (Å²) in [5.41, 5.74) is 0.687. The highest BCUT2D eigenvalue weighted by molar-refractivity contribution is 9.10. The number of hydrogen-bond donors (Lipinski definition) is 1. The second kappa shape index (κ2) is 9.01. The standard InChI is InChI=1S/C15H21BrN2O3S.ClH/c1-18(14-5-7-17-8-6-14)15(19)11-22(20,21)10-12-3-2-4-13(16)9-12;/h2-4,9,14,17H,5-8,10-11H2,1H3;1H. The Bertz CT molecular complexity index is 633. The van der Waals surface area contributed by atoms with Crippen LogP contribution in [-0.2, 0) is 20.4 Å². The molecule has 0 atom stereocenters. The van der Waals surface area contributed by atoms with Crippen molar-refractivity contribution in [1.29, 1.82) is 0 Å². The van der Waals surface area contributed by atoms with Crippen LogP contribution < -0.4 is 5.32 Å². The van der Waals surface area contributed by atoms with Gasteiger partial charge in [0.05, 0.1) is 5.75 Å². The van der Waals surface area contributed by atoms with Crippen molar-refractivity contribution >= 4 is 44.1 Å². The van der Waals surface area contributed by atoms with Crippen molar-refractivity contribution in [3.05, 3.63) is 34.3 Å². The maximum Gasteiger partial charge on any atom is 0.237 e. The molecule has 1 aliphatic heterocycles. The molecule has 1 aromatic rings. The van der Waals surface area contributed by atoms with Crippen LogP contribution in [0.1, 0.15) is 18.4 Å². The fourth-order valence-electron chi connectivity index (χ4n) is 2.62.